The highest BCUT2D eigenvalue weighted by atomic mass is 32.1. The van der Waals surface area contributed by atoms with E-state index in [9.17, 15) is 0 Å². The lowest BCUT2D eigenvalue weighted by atomic mass is 9.87. The molecule has 0 spiro atoms. The first kappa shape index (κ1) is 12.8. The second kappa shape index (κ2) is 5.31. The predicted molar refractivity (Wildman–Crippen MR) is 72.5 cm³/mol. The summed E-state index contributed by atoms with van der Waals surface area (Å²) >= 11 is 1.52. The van der Waals surface area contributed by atoms with Gasteiger partial charge in [0.15, 0.2) is 0 Å². The van der Waals surface area contributed by atoms with Gasteiger partial charge in [-0.25, -0.2) is 4.98 Å². The summed E-state index contributed by atoms with van der Waals surface area (Å²) in [6, 6.07) is 0. The summed E-state index contributed by atoms with van der Waals surface area (Å²) in [6.45, 7) is 9.45. The molecule has 1 aromatic heterocycles. The molecule has 0 aromatic carbocycles. The van der Waals surface area contributed by atoms with Crippen LogP contribution in [0.2, 0.25) is 0 Å². The maximum atomic E-state index is 5.83. The Balaban J connectivity index is 2.06. The molecule has 96 valence electrons. The standard InChI is InChI=1S/C12H22N4S/c1-8(2)11-14-12(17-15-11)16-5-4-9(3)10(6-13)7-16/h8-10H,4-7,13H2,1-3H3. The van der Waals surface area contributed by atoms with Crippen LogP contribution in [0.25, 0.3) is 0 Å². The van der Waals surface area contributed by atoms with Crippen molar-refractivity contribution >= 4 is 16.7 Å². The number of piperidine rings is 1. The molecular weight excluding hydrogens is 232 g/mol. The second-order valence-electron chi connectivity index (χ2n) is 5.30. The van der Waals surface area contributed by atoms with E-state index in [4.69, 9.17) is 5.73 Å². The zero-order valence-electron chi connectivity index (χ0n) is 10.9. The monoisotopic (exact) mass is 254 g/mol. The highest BCUT2D eigenvalue weighted by molar-refractivity contribution is 7.09. The maximum absolute atomic E-state index is 5.83. The molecule has 1 fully saturated rings. The van der Waals surface area contributed by atoms with Crippen LogP contribution >= 0.6 is 11.5 Å². The molecule has 2 unspecified atom stereocenters. The Labute approximate surface area is 107 Å². The van der Waals surface area contributed by atoms with Crippen molar-refractivity contribution in [2.75, 3.05) is 24.5 Å². The topological polar surface area (TPSA) is 55.0 Å². The van der Waals surface area contributed by atoms with Crippen molar-refractivity contribution < 1.29 is 0 Å². The Bertz CT molecular complexity index is 363. The van der Waals surface area contributed by atoms with Crippen LogP contribution in [0.3, 0.4) is 0 Å². The Morgan fingerprint density at radius 3 is 2.88 bits per heavy atom. The van der Waals surface area contributed by atoms with Gasteiger partial charge in [0.05, 0.1) is 0 Å². The molecule has 1 saturated heterocycles. The maximum Gasteiger partial charge on any atom is 0.205 e. The lowest BCUT2D eigenvalue weighted by Gasteiger charge is -2.36. The van der Waals surface area contributed by atoms with Gasteiger partial charge < -0.3 is 10.6 Å². The van der Waals surface area contributed by atoms with E-state index >= 15 is 0 Å². The van der Waals surface area contributed by atoms with Gasteiger partial charge in [0.1, 0.15) is 5.82 Å². The molecule has 1 aromatic rings. The number of nitrogens with zero attached hydrogens (tertiary/aromatic N) is 3. The zero-order valence-corrected chi connectivity index (χ0v) is 11.7. The van der Waals surface area contributed by atoms with Crippen LogP contribution in [-0.2, 0) is 0 Å². The predicted octanol–water partition coefficient (Wildman–Crippen LogP) is 2.08. The first-order chi connectivity index (χ1) is 8.11. The minimum absolute atomic E-state index is 0.411. The van der Waals surface area contributed by atoms with Crippen LogP contribution in [0.4, 0.5) is 5.13 Å². The van der Waals surface area contributed by atoms with Gasteiger partial charge in [0, 0.05) is 30.5 Å². The summed E-state index contributed by atoms with van der Waals surface area (Å²) in [4.78, 5) is 6.97. The molecule has 2 atom stereocenters. The van der Waals surface area contributed by atoms with Crippen LogP contribution in [0.15, 0.2) is 0 Å². The first-order valence-electron chi connectivity index (χ1n) is 6.40. The number of rotatable bonds is 3. The highest BCUT2D eigenvalue weighted by Gasteiger charge is 2.27. The van der Waals surface area contributed by atoms with Gasteiger partial charge in [0.25, 0.3) is 0 Å². The summed E-state index contributed by atoms with van der Waals surface area (Å²) in [5, 5.41) is 1.07. The average molecular weight is 254 g/mol. The van der Waals surface area contributed by atoms with E-state index in [1.54, 1.807) is 0 Å². The van der Waals surface area contributed by atoms with Gasteiger partial charge in [-0.1, -0.05) is 20.8 Å². The van der Waals surface area contributed by atoms with E-state index < -0.39 is 0 Å². The molecule has 0 aliphatic carbocycles. The summed E-state index contributed by atoms with van der Waals surface area (Å²) in [6.07, 6.45) is 1.21. The molecule has 0 amide bonds. The Hall–Kier alpha value is -0.680. The third-order valence-corrected chi connectivity index (χ3v) is 4.43. The fourth-order valence-electron chi connectivity index (χ4n) is 2.22. The normalized spacial score (nSPS) is 25.6. The fraction of sp³-hybridized carbons (Fsp3) is 0.833. The molecule has 4 nitrogen and oxygen atoms in total. The van der Waals surface area contributed by atoms with Crippen molar-refractivity contribution in [3.05, 3.63) is 5.82 Å². The minimum atomic E-state index is 0.411. The fourth-order valence-corrected chi connectivity index (χ4v) is 3.06. The summed E-state index contributed by atoms with van der Waals surface area (Å²) in [5.41, 5.74) is 5.83. The Morgan fingerprint density at radius 2 is 2.29 bits per heavy atom. The van der Waals surface area contributed by atoms with E-state index in [2.05, 4.69) is 35.0 Å². The summed E-state index contributed by atoms with van der Waals surface area (Å²) in [5.74, 6) is 2.70. The van der Waals surface area contributed by atoms with E-state index in [1.165, 1.54) is 18.0 Å². The van der Waals surface area contributed by atoms with Crippen molar-refractivity contribution in [2.45, 2.75) is 33.1 Å². The largest absolute Gasteiger partial charge is 0.347 e. The molecule has 0 saturated carbocycles. The van der Waals surface area contributed by atoms with Gasteiger partial charge >= 0.3 is 0 Å². The van der Waals surface area contributed by atoms with Crippen molar-refractivity contribution in [2.24, 2.45) is 17.6 Å². The van der Waals surface area contributed by atoms with Crippen molar-refractivity contribution in [1.29, 1.82) is 0 Å². The molecule has 2 N–H and O–H groups in total. The number of hydrogen-bond donors (Lipinski definition) is 1. The van der Waals surface area contributed by atoms with Crippen LogP contribution < -0.4 is 10.6 Å². The van der Waals surface area contributed by atoms with E-state index in [-0.39, 0.29) is 0 Å². The van der Waals surface area contributed by atoms with Crippen molar-refractivity contribution in [3.63, 3.8) is 0 Å². The van der Waals surface area contributed by atoms with Crippen molar-refractivity contribution in [1.82, 2.24) is 9.36 Å². The first-order valence-corrected chi connectivity index (χ1v) is 7.17. The van der Waals surface area contributed by atoms with Crippen LogP contribution in [0.5, 0.6) is 0 Å². The summed E-state index contributed by atoms with van der Waals surface area (Å²) < 4.78 is 4.42. The molecule has 5 heteroatoms. The molecular formula is C12H22N4S. The quantitative estimate of drug-likeness (QED) is 0.897. The van der Waals surface area contributed by atoms with Gasteiger partial charge in [-0.15, -0.1) is 0 Å². The highest BCUT2D eigenvalue weighted by Crippen LogP contribution is 2.28. The lowest BCUT2D eigenvalue weighted by Crippen LogP contribution is -2.42. The number of nitrogens with two attached hydrogens (primary N) is 1. The van der Waals surface area contributed by atoms with Crippen LogP contribution in [-0.4, -0.2) is 29.0 Å². The van der Waals surface area contributed by atoms with E-state index in [1.807, 2.05) is 0 Å². The van der Waals surface area contributed by atoms with Crippen LogP contribution in [0, 0.1) is 11.8 Å². The molecule has 2 rings (SSSR count). The molecule has 1 aliphatic rings. The second-order valence-corrected chi connectivity index (χ2v) is 6.03. The minimum Gasteiger partial charge on any atom is -0.347 e. The third kappa shape index (κ3) is 2.77. The lowest BCUT2D eigenvalue weighted by molar-refractivity contribution is 0.307. The number of anilines is 1. The van der Waals surface area contributed by atoms with Gasteiger partial charge in [0.2, 0.25) is 5.13 Å². The molecule has 17 heavy (non-hydrogen) atoms. The molecule has 0 radical (unpaired) electrons. The number of hydrogen-bond acceptors (Lipinski definition) is 5. The zero-order chi connectivity index (χ0) is 12.4. The summed E-state index contributed by atoms with van der Waals surface area (Å²) in [7, 11) is 0. The molecule has 0 bridgehead atoms. The Kier molecular flexibility index (Phi) is 3.99. The van der Waals surface area contributed by atoms with E-state index in [0.29, 0.717) is 11.8 Å². The average Bonchev–Trinajstić information content (AvgIpc) is 2.79. The third-order valence-electron chi connectivity index (χ3n) is 3.63. The van der Waals surface area contributed by atoms with Gasteiger partial charge in [-0.05, 0) is 24.8 Å². The number of aromatic nitrogens is 2. The van der Waals surface area contributed by atoms with Gasteiger partial charge in [-0.2, -0.15) is 4.37 Å². The smallest absolute Gasteiger partial charge is 0.205 e. The van der Waals surface area contributed by atoms with Crippen LogP contribution in [0.1, 0.15) is 38.9 Å². The Morgan fingerprint density at radius 1 is 1.53 bits per heavy atom. The van der Waals surface area contributed by atoms with Gasteiger partial charge in [-0.3, -0.25) is 0 Å². The molecule has 1 aliphatic heterocycles. The SMILES string of the molecule is CC(C)c1nsc(N2CCC(C)C(CN)C2)n1. The molecule has 2 heterocycles. The van der Waals surface area contributed by atoms with Crippen molar-refractivity contribution in [3.8, 4) is 0 Å². The van der Waals surface area contributed by atoms with E-state index in [0.717, 1.165) is 36.5 Å².